The number of aryl methyl sites for hydroxylation is 1. The fourth-order valence-electron chi connectivity index (χ4n) is 1.97. The molecule has 0 aliphatic rings. The van der Waals surface area contributed by atoms with Crippen LogP contribution in [0.25, 0.3) is 0 Å². The molecule has 0 atom stereocenters. The third kappa shape index (κ3) is 4.15. The van der Waals surface area contributed by atoms with Crippen molar-refractivity contribution >= 4 is 10.0 Å². The summed E-state index contributed by atoms with van der Waals surface area (Å²) in [5.74, 6) is 0. The summed E-state index contributed by atoms with van der Waals surface area (Å²) in [6.07, 6.45) is 7.09. The summed E-state index contributed by atoms with van der Waals surface area (Å²) in [4.78, 5) is 4.20. The van der Waals surface area contributed by atoms with Gasteiger partial charge < -0.3 is 9.30 Å². The number of hydrogen-bond donors (Lipinski definition) is 1. The third-order valence-electron chi connectivity index (χ3n) is 3.15. The molecule has 2 aromatic heterocycles. The van der Waals surface area contributed by atoms with Gasteiger partial charge in [-0.05, 0) is 6.42 Å². The molecule has 0 amide bonds. The van der Waals surface area contributed by atoms with Crippen LogP contribution in [-0.4, -0.2) is 41.5 Å². The lowest BCUT2D eigenvalue weighted by molar-refractivity contribution is 0.186. The van der Waals surface area contributed by atoms with Crippen molar-refractivity contribution in [3.8, 4) is 0 Å². The summed E-state index contributed by atoms with van der Waals surface area (Å²) in [6.45, 7) is 4.04. The van der Waals surface area contributed by atoms with Crippen LogP contribution in [0.15, 0.2) is 29.8 Å². The van der Waals surface area contributed by atoms with Crippen molar-refractivity contribution < 1.29 is 13.2 Å². The lowest BCUT2D eigenvalue weighted by atomic mass is 10.4. The van der Waals surface area contributed by atoms with Gasteiger partial charge in [0.1, 0.15) is 4.90 Å². The first-order valence-corrected chi connectivity index (χ1v) is 8.55. The first-order chi connectivity index (χ1) is 10.6. The molecule has 0 saturated carbocycles. The highest BCUT2D eigenvalue weighted by Crippen LogP contribution is 2.09. The summed E-state index contributed by atoms with van der Waals surface area (Å²) < 4.78 is 35.6. The minimum atomic E-state index is -3.58. The fraction of sp³-hybridized carbons (Fsp3) is 0.538. The number of nitrogens with one attached hydrogen (secondary N) is 1. The van der Waals surface area contributed by atoms with Crippen molar-refractivity contribution in [3.63, 3.8) is 0 Å². The highest BCUT2D eigenvalue weighted by atomic mass is 32.2. The van der Waals surface area contributed by atoms with E-state index in [0.717, 1.165) is 12.1 Å². The molecular formula is C13H21N5O3S. The smallest absolute Gasteiger partial charge is 0.244 e. The highest BCUT2D eigenvalue weighted by Gasteiger charge is 2.17. The molecule has 0 radical (unpaired) electrons. The van der Waals surface area contributed by atoms with Gasteiger partial charge in [-0.15, -0.1) is 0 Å². The average molecular weight is 327 g/mol. The van der Waals surface area contributed by atoms with Gasteiger partial charge >= 0.3 is 0 Å². The van der Waals surface area contributed by atoms with Crippen LogP contribution in [0, 0.1) is 0 Å². The Balaban J connectivity index is 2.01. The molecule has 0 spiro atoms. The lowest BCUT2D eigenvalue weighted by Gasteiger charge is -2.08. The van der Waals surface area contributed by atoms with Crippen LogP contribution in [0.4, 0.5) is 0 Å². The van der Waals surface area contributed by atoms with E-state index < -0.39 is 10.0 Å². The van der Waals surface area contributed by atoms with Crippen LogP contribution in [0.5, 0.6) is 0 Å². The van der Waals surface area contributed by atoms with Gasteiger partial charge in [0.2, 0.25) is 10.0 Å². The van der Waals surface area contributed by atoms with Crippen molar-refractivity contribution in [1.82, 2.24) is 24.1 Å². The summed E-state index contributed by atoms with van der Waals surface area (Å²) in [6, 6.07) is 0. The predicted molar refractivity (Wildman–Crippen MR) is 80.6 cm³/mol. The van der Waals surface area contributed by atoms with Crippen molar-refractivity contribution in [1.29, 1.82) is 0 Å². The maximum atomic E-state index is 12.3. The minimum absolute atomic E-state index is 0.170. The van der Waals surface area contributed by atoms with Gasteiger partial charge in [-0.1, -0.05) is 6.92 Å². The van der Waals surface area contributed by atoms with E-state index in [0.29, 0.717) is 19.7 Å². The molecule has 2 aromatic rings. The second-order valence-corrected chi connectivity index (χ2v) is 6.60. The Labute approximate surface area is 130 Å². The topological polar surface area (TPSA) is 91.0 Å². The molecule has 22 heavy (non-hydrogen) atoms. The molecule has 2 rings (SSSR count). The van der Waals surface area contributed by atoms with E-state index in [1.165, 1.54) is 12.4 Å². The molecule has 0 bridgehead atoms. The Bertz CT molecular complexity index is 692. The molecule has 0 saturated heterocycles. The molecule has 0 aliphatic heterocycles. The SMILES string of the molecule is CCCn1cc(S(=O)(=O)NCc2cncn2CCOC)cn1. The molecule has 9 heteroatoms. The zero-order valence-electron chi connectivity index (χ0n) is 12.8. The second kappa shape index (κ2) is 7.52. The Hall–Kier alpha value is -1.71. The Morgan fingerprint density at radius 2 is 2.14 bits per heavy atom. The third-order valence-corrected chi connectivity index (χ3v) is 4.51. The van der Waals surface area contributed by atoms with Crippen LogP contribution in [-0.2, 0) is 34.4 Å². The van der Waals surface area contributed by atoms with E-state index in [1.54, 1.807) is 24.3 Å². The van der Waals surface area contributed by atoms with Gasteiger partial charge in [-0.2, -0.15) is 5.10 Å². The number of aromatic nitrogens is 4. The van der Waals surface area contributed by atoms with Gasteiger partial charge in [-0.25, -0.2) is 18.1 Å². The van der Waals surface area contributed by atoms with Crippen molar-refractivity contribution in [3.05, 3.63) is 30.6 Å². The predicted octanol–water partition coefficient (Wildman–Crippen LogP) is 0.614. The molecule has 8 nitrogen and oxygen atoms in total. The number of methoxy groups -OCH3 is 1. The minimum Gasteiger partial charge on any atom is -0.383 e. The molecule has 0 fully saturated rings. The zero-order valence-corrected chi connectivity index (χ0v) is 13.6. The quantitative estimate of drug-likeness (QED) is 0.729. The van der Waals surface area contributed by atoms with E-state index in [9.17, 15) is 8.42 Å². The summed E-state index contributed by atoms with van der Waals surface area (Å²) in [5.41, 5.74) is 0.779. The molecule has 0 unspecified atom stereocenters. The van der Waals surface area contributed by atoms with Gasteiger partial charge in [-0.3, -0.25) is 4.68 Å². The number of hydrogen-bond acceptors (Lipinski definition) is 5. The monoisotopic (exact) mass is 327 g/mol. The molecule has 1 N–H and O–H groups in total. The first kappa shape index (κ1) is 16.7. The van der Waals surface area contributed by atoms with Crippen LogP contribution < -0.4 is 4.72 Å². The van der Waals surface area contributed by atoms with E-state index in [-0.39, 0.29) is 11.4 Å². The molecule has 122 valence electrons. The van der Waals surface area contributed by atoms with Gasteiger partial charge in [0.15, 0.2) is 0 Å². The summed E-state index contributed by atoms with van der Waals surface area (Å²) in [7, 11) is -1.96. The van der Waals surface area contributed by atoms with E-state index in [2.05, 4.69) is 14.8 Å². The Kier molecular flexibility index (Phi) is 5.69. The first-order valence-electron chi connectivity index (χ1n) is 7.07. The van der Waals surface area contributed by atoms with Crippen molar-refractivity contribution in [2.24, 2.45) is 0 Å². The van der Waals surface area contributed by atoms with E-state index in [1.807, 2.05) is 11.5 Å². The fourth-order valence-corrected chi connectivity index (χ4v) is 2.92. The average Bonchev–Trinajstić information content (AvgIpc) is 3.12. The summed E-state index contributed by atoms with van der Waals surface area (Å²) in [5, 5.41) is 4.04. The van der Waals surface area contributed by atoms with Crippen molar-refractivity contribution in [2.45, 2.75) is 37.9 Å². The second-order valence-electron chi connectivity index (χ2n) is 4.83. The molecular weight excluding hydrogens is 306 g/mol. The number of ether oxygens (including phenoxy) is 1. The van der Waals surface area contributed by atoms with E-state index in [4.69, 9.17) is 4.74 Å². The highest BCUT2D eigenvalue weighted by molar-refractivity contribution is 7.89. The van der Waals surface area contributed by atoms with Gasteiger partial charge in [0, 0.05) is 32.6 Å². The molecule has 2 heterocycles. The number of sulfonamides is 1. The van der Waals surface area contributed by atoms with Crippen LogP contribution in [0.2, 0.25) is 0 Å². The van der Waals surface area contributed by atoms with Crippen molar-refractivity contribution in [2.75, 3.05) is 13.7 Å². The lowest BCUT2D eigenvalue weighted by Crippen LogP contribution is -2.24. The largest absolute Gasteiger partial charge is 0.383 e. The van der Waals surface area contributed by atoms with E-state index >= 15 is 0 Å². The van der Waals surface area contributed by atoms with Gasteiger partial charge in [0.25, 0.3) is 0 Å². The van der Waals surface area contributed by atoms with Crippen LogP contribution in [0.3, 0.4) is 0 Å². The molecule has 0 aromatic carbocycles. The summed E-state index contributed by atoms with van der Waals surface area (Å²) >= 11 is 0. The maximum Gasteiger partial charge on any atom is 0.244 e. The standard InChI is InChI=1S/C13H21N5O3S/c1-3-4-18-10-13(9-15-18)22(19,20)16-8-12-7-14-11-17(12)5-6-21-2/h7,9-11,16H,3-6,8H2,1-2H3. The van der Waals surface area contributed by atoms with Crippen LogP contribution >= 0.6 is 0 Å². The molecule has 0 aliphatic carbocycles. The van der Waals surface area contributed by atoms with Crippen LogP contribution in [0.1, 0.15) is 19.0 Å². The zero-order chi connectivity index (χ0) is 16.0. The Morgan fingerprint density at radius 1 is 1.32 bits per heavy atom. The Morgan fingerprint density at radius 3 is 2.86 bits per heavy atom. The maximum absolute atomic E-state index is 12.3. The number of rotatable bonds is 9. The number of imidazole rings is 1. The van der Waals surface area contributed by atoms with Gasteiger partial charge in [0.05, 0.1) is 31.4 Å². The normalized spacial score (nSPS) is 11.9. The number of nitrogens with zero attached hydrogens (tertiary/aromatic N) is 4.